The van der Waals surface area contributed by atoms with Crippen molar-refractivity contribution in [3.05, 3.63) is 31.8 Å². The van der Waals surface area contributed by atoms with Crippen LogP contribution in [0.2, 0.25) is 0 Å². The van der Waals surface area contributed by atoms with Gasteiger partial charge in [-0.1, -0.05) is 0 Å². The molecule has 0 aromatic carbocycles. The lowest BCUT2D eigenvalue weighted by atomic mass is 9.83. The number of ether oxygens (including phenoxy) is 1. The summed E-state index contributed by atoms with van der Waals surface area (Å²) in [6, 6.07) is 3.75. The Kier molecular flexibility index (Phi) is 3.99. The van der Waals surface area contributed by atoms with E-state index in [-0.39, 0.29) is 17.6 Å². The molecule has 1 aromatic rings. The molecule has 5 nitrogen and oxygen atoms in total. The molecular weight excluding hydrogens is 395 g/mol. The molecule has 2 atom stereocenters. The van der Waals surface area contributed by atoms with Crippen molar-refractivity contribution in [1.29, 1.82) is 0 Å². The normalized spacial score (nSPS) is 23.9. The molecule has 1 saturated heterocycles. The van der Waals surface area contributed by atoms with E-state index in [2.05, 4.69) is 28.7 Å². The molecule has 1 unspecified atom stereocenters. The van der Waals surface area contributed by atoms with Crippen molar-refractivity contribution in [2.24, 2.45) is 5.92 Å². The second-order valence-electron chi connectivity index (χ2n) is 7.23. The summed E-state index contributed by atoms with van der Waals surface area (Å²) in [5.41, 5.74) is 0.650. The number of halogens is 1. The van der Waals surface area contributed by atoms with E-state index in [0.29, 0.717) is 25.6 Å². The van der Waals surface area contributed by atoms with E-state index in [0.717, 1.165) is 15.7 Å². The van der Waals surface area contributed by atoms with Crippen molar-refractivity contribution in [3.63, 3.8) is 0 Å². The number of hydrogen-bond donors (Lipinski definition) is 0. The minimum absolute atomic E-state index is 0.0716. The minimum atomic E-state index is -0.478. The van der Waals surface area contributed by atoms with Gasteiger partial charge in [0, 0.05) is 40.9 Å². The third-order valence-corrected chi connectivity index (χ3v) is 4.80. The van der Waals surface area contributed by atoms with Gasteiger partial charge in [-0.05, 0) is 61.8 Å². The van der Waals surface area contributed by atoms with E-state index in [1.807, 2.05) is 25.3 Å². The largest absolute Gasteiger partial charge is 0.444 e. The third kappa shape index (κ3) is 3.16. The fourth-order valence-corrected chi connectivity index (χ4v) is 3.99. The maximum absolute atomic E-state index is 12.3. The van der Waals surface area contributed by atoms with Crippen molar-refractivity contribution in [2.45, 2.75) is 45.3 Å². The van der Waals surface area contributed by atoms with Gasteiger partial charge in [0.2, 0.25) is 0 Å². The summed E-state index contributed by atoms with van der Waals surface area (Å²) in [7, 11) is 0. The number of carbonyl (C=O) groups excluding carboxylic acids is 1. The van der Waals surface area contributed by atoms with E-state index in [9.17, 15) is 9.59 Å². The zero-order valence-corrected chi connectivity index (χ0v) is 15.3. The molecule has 2 bridgehead atoms. The molecule has 2 aliphatic heterocycles. The molecule has 120 valence electrons. The smallest absolute Gasteiger partial charge is 0.410 e. The average Bonchev–Trinajstić information content (AvgIpc) is 2.38. The van der Waals surface area contributed by atoms with Gasteiger partial charge in [0.1, 0.15) is 5.60 Å². The molecule has 0 aliphatic carbocycles. The van der Waals surface area contributed by atoms with Crippen LogP contribution in [-0.4, -0.2) is 34.3 Å². The highest BCUT2D eigenvalue weighted by molar-refractivity contribution is 14.1. The summed E-state index contributed by atoms with van der Waals surface area (Å²) in [5, 5.41) is 0. The van der Waals surface area contributed by atoms with Gasteiger partial charge in [0.25, 0.3) is 5.56 Å². The van der Waals surface area contributed by atoms with E-state index >= 15 is 0 Å². The average molecular weight is 416 g/mol. The molecule has 3 rings (SSSR count). The van der Waals surface area contributed by atoms with E-state index < -0.39 is 5.60 Å². The molecule has 1 amide bonds. The number of amides is 1. The summed E-state index contributed by atoms with van der Waals surface area (Å²) < 4.78 is 8.34. The Balaban J connectivity index is 1.85. The molecule has 6 heteroatoms. The topological polar surface area (TPSA) is 51.5 Å². The van der Waals surface area contributed by atoms with Gasteiger partial charge in [0.05, 0.1) is 0 Å². The zero-order valence-electron chi connectivity index (χ0n) is 13.1. The fraction of sp³-hybridized carbons (Fsp3) is 0.625. The van der Waals surface area contributed by atoms with Crippen LogP contribution in [0.25, 0.3) is 0 Å². The van der Waals surface area contributed by atoms with Gasteiger partial charge in [0.15, 0.2) is 0 Å². The SMILES string of the molecule is CC(C)(C)OC(=O)N1CC2C[C@@H](C1)c1cc(I)cc(=O)n1C2. The molecule has 2 aliphatic rings. The van der Waals surface area contributed by atoms with Crippen molar-refractivity contribution in [3.8, 4) is 0 Å². The predicted octanol–water partition coefficient (Wildman–Crippen LogP) is 2.81. The lowest BCUT2D eigenvalue weighted by Gasteiger charge is -2.42. The Morgan fingerprint density at radius 3 is 2.68 bits per heavy atom. The Morgan fingerprint density at radius 2 is 2.00 bits per heavy atom. The molecule has 0 radical (unpaired) electrons. The van der Waals surface area contributed by atoms with Crippen LogP contribution in [0, 0.1) is 9.49 Å². The Hall–Kier alpha value is -1.05. The molecule has 0 N–H and O–H groups in total. The highest BCUT2D eigenvalue weighted by Crippen LogP contribution is 2.36. The number of piperidine rings is 1. The van der Waals surface area contributed by atoms with Gasteiger partial charge < -0.3 is 14.2 Å². The summed E-state index contributed by atoms with van der Waals surface area (Å²) in [5.74, 6) is 0.555. The lowest BCUT2D eigenvalue weighted by molar-refractivity contribution is 0.0102. The zero-order chi connectivity index (χ0) is 16.1. The molecular formula is C16H21IN2O3. The minimum Gasteiger partial charge on any atom is -0.444 e. The maximum atomic E-state index is 12.3. The number of carbonyl (C=O) groups is 1. The lowest BCUT2D eigenvalue weighted by Crippen LogP contribution is -2.50. The number of aromatic nitrogens is 1. The van der Waals surface area contributed by atoms with E-state index in [4.69, 9.17) is 4.74 Å². The van der Waals surface area contributed by atoms with Crippen LogP contribution in [0.15, 0.2) is 16.9 Å². The van der Waals surface area contributed by atoms with Gasteiger partial charge in [-0.3, -0.25) is 4.79 Å². The van der Waals surface area contributed by atoms with Crippen LogP contribution in [0.1, 0.15) is 38.8 Å². The maximum Gasteiger partial charge on any atom is 0.410 e. The first-order valence-corrected chi connectivity index (χ1v) is 8.69. The summed E-state index contributed by atoms with van der Waals surface area (Å²) >= 11 is 2.18. The summed E-state index contributed by atoms with van der Waals surface area (Å²) in [6.45, 7) is 7.64. The predicted molar refractivity (Wildman–Crippen MR) is 92.1 cm³/mol. The van der Waals surface area contributed by atoms with Crippen LogP contribution in [-0.2, 0) is 11.3 Å². The van der Waals surface area contributed by atoms with Gasteiger partial charge in [-0.15, -0.1) is 0 Å². The van der Waals surface area contributed by atoms with Crippen LogP contribution in [0.5, 0.6) is 0 Å². The Bertz CT molecular complexity index is 662. The first-order valence-electron chi connectivity index (χ1n) is 7.61. The first kappa shape index (κ1) is 15.8. The van der Waals surface area contributed by atoms with E-state index in [1.54, 1.807) is 11.0 Å². The van der Waals surface area contributed by atoms with Gasteiger partial charge in [-0.2, -0.15) is 0 Å². The van der Waals surface area contributed by atoms with Gasteiger partial charge >= 0.3 is 6.09 Å². The number of nitrogens with zero attached hydrogens (tertiary/aromatic N) is 2. The number of pyridine rings is 1. The van der Waals surface area contributed by atoms with Crippen LogP contribution in [0.4, 0.5) is 4.79 Å². The first-order chi connectivity index (χ1) is 10.2. The standard InChI is InChI=1S/C16H21IN2O3/c1-16(2,3)22-15(21)18-7-10-4-11(9-18)13-5-12(17)6-14(20)19(13)8-10/h5-6,10-11H,4,7-9H2,1-3H3/t10?,11-/m0/s1. The third-order valence-electron chi connectivity index (χ3n) is 4.17. The number of likely N-dealkylation sites (tertiary alicyclic amines) is 1. The molecule has 3 heterocycles. The van der Waals surface area contributed by atoms with Crippen molar-refractivity contribution < 1.29 is 9.53 Å². The fourth-order valence-electron chi connectivity index (χ4n) is 3.40. The van der Waals surface area contributed by atoms with Crippen molar-refractivity contribution in [2.75, 3.05) is 13.1 Å². The summed E-state index contributed by atoms with van der Waals surface area (Å²) in [4.78, 5) is 26.3. The highest BCUT2D eigenvalue weighted by Gasteiger charge is 2.37. The molecule has 22 heavy (non-hydrogen) atoms. The molecule has 0 saturated carbocycles. The van der Waals surface area contributed by atoms with Crippen molar-refractivity contribution in [1.82, 2.24) is 9.47 Å². The number of hydrogen-bond acceptors (Lipinski definition) is 3. The molecule has 1 aromatic heterocycles. The molecule has 0 spiro atoms. The monoisotopic (exact) mass is 416 g/mol. The quantitative estimate of drug-likeness (QED) is 0.612. The van der Waals surface area contributed by atoms with Crippen molar-refractivity contribution >= 4 is 28.7 Å². The number of rotatable bonds is 0. The van der Waals surface area contributed by atoms with Gasteiger partial charge in [-0.25, -0.2) is 4.79 Å². The van der Waals surface area contributed by atoms with Crippen LogP contribution < -0.4 is 5.56 Å². The van der Waals surface area contributed by atoms with Crippen LogP contribution in [0.3, 0.4) is 0 Å². The Morgan fingerprint density at radius 1 is 1.27 bits per heavy atom. The summed E-state index contributed by atoms with van der Waals surface area (Å²) in [6.07, 6.45) is 0.794. The van der Waals surface area contributed by atoms with E-state index in [1.165, 1.54) is 0 Å². The second-order valence-corrected chi connectivity index (χ2v) is 8.48. The Labute approximate surface area is 143 Å². The number of fused-ring (bicyclic) bond motifs is 4. The molecule has 1 fully saturated rings. The van der Waals surface area contributed by atoms with Crippen LogP contribution >= 0.6 is 22.6 Å². The highest BCUT2D eigenvalue weighted by atomic mass is 127. The second kappa shape index (κ2) is 5.54.